The fourth-order valence-corrected chi connectivity index (χ4v) is 5.20. The fourth-order valence-electron chi connectivity index (χ4n) is 5.20. The van der Waals surface area contributed by atoms with Gasteiger partial charge in [0.15, 0.2) is 0 Å². The molecule has 0 aromatic heterocycles. The molecule has 0 atom stereocenters. The van der Waals surface area contributed by atoms with Crippen molar-refractivity contribution in [1.29, 1.82) is 0 Å². The van der Waals surface area contributed by atoms with Gasteiger partial charge in [0.25, 0.3) is 0 Å². The van der Waals surface area contributed by atoms with Crippen LogP contribution >= 0.6 is 0 Å². The number of fused-ring (bicyclic) bond motifs is 1. The van der Waals surface area contributed by atoms with Crippen molar-refractivity contribution < 1.29 is 19.8 Å². The number of rotatable bonds is 7. The lowest BCUT2D eigenvalue weighted by Crippen LogP contribution is -2.33. The Balaban J connectivity index is 0.000000349. The summed E-state index contributed by atoms with van der Waals surface area (Å²) in [4.78, 5) is 21.8. The minimum atomic E-state index is -1.26. The first-order valence-corrected chi connectivity index (χ1v) is 12.8. The summed E-state index contributed by atoms with van der Waals surface area (Å²) in [6.07, 6.45) is 8.40. The van der Waals surface area contributed by atoms with Gasteiger partial charge in [-0.15, -0.1) is 0 Å². The van der Waals surface area contributed by atoms with Gasteiger partial charge in [0, 0.05) is 18.7 Å². The summed E-state index contributed by atoms with van der Waals surface area (Å²) in [6.45, 7) is 3.63. The predicted octanol–water partition coefficient (Wildman–Crippen LogP) is 6.27. The van der Waals surface area contributed by atoms with Crippen LogP contribution in [0.25, 0.3) is 16.7 Å². The molecular formula is C32H33NO4. The Kier molecular flexibility index (Phi) is 9.06. The van der Waals surface area contributed by atoms with E-state index in [2.05, 4.69) is 89.8 Å². The number of hydrogen-bond donors (Lipinski definition) is 2. The molecule has 0 bridgehead atoms. The number of carboxylic acid groups (broad SMARTS) is 2. The van der Waals surface area contributed by atoms with Crippen molar-refractivity contribution in [3.8, 4) is 11.1 Å². The standard InChI is InChI=1S/C28H29N.C4H4O4/c1-3-8-22(9-4-1)23-16-19-29(20-17-23)21-18-25-14-15-28-26(12-7-13-27(25)28)24-10-5-2-6-11-24;5-3(6)1-2-4(7)8/h1-14,23H,15-21H2;1-2H,(H,5,6)(H,7,8). The van der Waals surface area contributed by atoms with Crippen molar-refractivity contribution in [3.63, 3.8) is 0 Å². The molecule has 1 saturated heterocycles. The molecule has 1 fully saturated rings. The Morgan fingerprint density at radius 3 is 2.00 bits per heavy atom. The number of benzene rings is 3. The van der Waals surface area contributed by atoms with Gasteiger partial charge in [-0.25, -0.2) is 9.59 Å². The maximum Gasteiger partial charge on any atom is 0.328 e. The summed E-state index contributed by atoms with van der Waals surface area (Å²) in [5, 5.41) is 15.6. The Labute approximate surface area is 218 Å². The lowest BCUT2D eigenvalue weighted by molar-refractivity contribution is -0.134. The average molecular weight is 496 g/mol. The molecule has 0 saturated carbocycles. The summed E-state index contributed by atoms with van der Waals surface area (Å²) in [6, 6.07) is 28.7. The molecule has 0 amide bonds. The van der Waals surface area contributed by atoms with Crippen molar-refractivity contribution in [2.75, 3.05) is 19.6 Å². The van der Waals surface area contributed by atoms with Crippen LogP contribution in [0.1, 0.15) is 41.9 Å². The molecule has 190 valence electrons. The smallest absolute Gasteiger partial charge is 0.328 e. The first-order chi connectivity index (χ1) is 18.0. The molecule has 1 heterocycles. The lowest BCUT2D eigenvalue weighted by atomic mass is 9.89. The van der Waals surface area contributed by atoms with E-state index in [0.717, 1.165) is 12.3 Å². The predicted molar refractivity (Wildman–Crippen MR) is 147 cm³/mol. The highest BCUT2D eigenvalue weighted by Crippen LogP contribution is 2.37. The number of hydrogen-bond acceptors (Lipinski definition) is 3. The second-order valence-corrected chi connectivity index (χ2v) is 9.42. The van der Waals surface area contributed by atoms with E-state index >= 15 is 0 Å². The zero-order valence-corrected chi connectivity index (χ0v) is 20.9. The molecule has 5 heteroatoms. The summed E-state index contributed by atoms with van der Waals surface area (Å²) in [5.41, 5.74) is 8.79. The van der Waals surface area contributed by atoms with E-state index in [9.17, 15) is 9.59 Å². The van der Waals surface area contributed by atoms with Crippen molar-refractivity contribution in [3.05, 3.63) is 114 Å². The van der Waals surface area contributed by atoms with Crippen LogP contribution in [0.3, 0.4) is 0 Å². The van der Waals surface area contributed by atoms with Crippen molar-refractivity contribution in [2.45, 2.75) is 31.6 Å². The van der Waals surface area contributed by atoms with Gasteiger partial charge in [0.05, 0.1) is 0 Å². The third-order valence-electron chi connectivity index (χ3n) is 7.08. The van der Waals surface area contributed by atoms with E-state index < -0.39 is 11.9 Å². The maximum atomic E-state index is 9.55. The minimum absolute atomic E-state index is 0.558. The maximum absolute atomic E-state index is 9.55. The second kappa shape index (κ2) is 12.8. The molecule has 2 N–H and O–H groups in total. The second-order valence-electron chi connectivity index (χ2n) is 9.42. The minimum Gasteiger partial charge on any atom is -0.478 e. The van der Waals surface area contributed by atoms with Gasteiger partial charge >= 0.3 is 11.9 Å². The van der Waals surface area contributed by atoms with Gasteiger partial charge in [-0.05, 0) is 78.1 Å². The van der Waals surface area contributed by atoms with Crippen LogP contribution in [0.5, 0.6) is 0 Å². The Morgan fingerprint density at radius 1 is 0.784 bits per heavy atom. The van der Waals surface area contributed by atoms with E-state index in [1.54, 1.807) is 5.57 Å². The van der Waals surface area contributed by atoms with Crippen LogP contribution < -0.4 is 0 Å². The lowest BCUT2D eigenvalue weighted by Gasteiger charge is -2.32. The van der Waals surface area contributed by atoms with Crippen LogP contribution in [-0.4, -0.2) is 46.7 Å². The van der Waals surface area contributed by atoms with E-state index in [-0.39, 0.29) is 0 Å². The van der Waals surface area contributed by atoms with Gasteiger partial charge in [0.1, 0.15) is 0 Å². The Hall–Kier alpha value is -3.96. The number of aliphatic carboxylic acids is 2. The van der Waals surface area contributed by atoms with E-state index in [0.29, 0.717) is 12.2 Å². The summed E-state index contributed by atoms with van der Waals surface area (Å²) < 4.78 is 0. The van der Waals surface area contributed by atoms with E-state index in [4.69, 9.17) is 10.2 Å². The molecule has 5 nitrogen and oxygen atoms in total. The molecule has 37 heavy (non-hydrogen) atoms. The van der Waals surface area contributed by atoms with E-state index in [1.165, 1.54) is 66.7 Å². The molecule has 1 aliphatic heterocycles. The number of likely N-dealkylation sites (tertiary alicyclic amines) is 1. The van der Waals surface area contributed by atoms with Crippen LogP contribution in [0.15, 0.2) is 97.1 Å². The molecule has 5 rings (SSSR count). The fraction of sp³-hybridized carbons (Fsp3) is 0.250. The number of nitrogens with zero attached hydrogens (tertiary/aromatic N) is 1. The number of carboxylic acids is 2. The highest BCUT2D eigenvalue weighted by Gasteiger charge is 2.22. The van der Waals surface area contributed by atoms with Crippen molar-refractivity contribution >= 4 is 17.5 Å². The van der Waals surface area contributed by atoms with Gasteiger partial charge in [-0.2, -0.15) is 0 Å². The van der Waals surface area contributed by atoms with Gasteiger partial charge < -0.3 is 15.1 Å². The molecule has 3 aromatic carbocycles. The van der Waals surface area contributed by atoms with E-state index in [1.807, 2.05) is 0 Å². The molecular weight excluding hydrogens is 462 g/mol. The Bertz CT molecular complexity index is 1240. The molecule has 2 aliphatic rings. The van der Waals surface area contributed by atoms with Crippen LogP contribution in [0.2, 0.25) is 0 Å². The monoisotopic (exact) mass is 495 g/mol. The zero-order chi connectivity index (χ0) is 26.0. The molecule has 1 aliphatic carbocycles. The highest BCUT2D eigenvalue weighted by atomic mass is 16.4. The summed E-state index contributed by atoms with van der Waals surface area (Å²) >= 11 is 0. The SMILES string of the molecule is C1=C(CCN2CCC(c3ccccc3)CC2)c2cccc(-c3ccccc3)c2C1.O=C(O)C=CC(=O)O. The first kappa shape index (κ1) is 26.1. The van der Waals surface area contributed by atoms with Crippen LogP contribution in [-0.2, 0) is 16.0 Å². The summed E-state index contributed by atoms with van der Waals surface area (Å²) in [5.74, 6) is -1.77. The van der Waals surface area contributed by atoms with Crippen LogP contribution in [0, 0.1) is 0 Å². The molecule has 3 aromatic rings. The zero-order valence-electron chi connectivity index (χ0n) is 20.9. The first-order valence-electron chi connectivity index (χ1n) is 12.8. The molecule has 0 radical (unpaired) electrons. The Morgan fingerprint density at radius 2 is 1.38 bits per heavy atom. The van der Waals surface area contributed by atoms with Crippen molar-refractivity contribution in [2.24, 2.45) is 0 Å². The third kappa shape index (κ3) is 7.28. The highest BCUT2D eigenvalue weighted by molar-refractivity contribution is 5.89. The number of allylic oxidation sites excluding steroid dienone is 1. The average Bonchev–Trinajstić information content (AvgIpc) is 3.36. The topological polar surface area (TPSA) is 77.8 Å². The molecule has 0 spiro atoms. The van der Waals surface area contributed by atoms with Gasteiger partial charge in [-0.3, -0.25) is 0 Å². The van der Waals surface area contributed by atoms with Crippen molar-refractivity contribution in [1.82, 2.24) is 4.90 Å². The largest absolute Gasteiger partial charge is 0.478 e. The van der Waals surface area contributed by atoms with Gasteiger partial charge in [0.2, 0.25) is 0 Å². The molecule has 0 unspecified atom stereocenters. The number of carbonyl (C=O) groups is 2. The quantitative estimate of drug-likeness (QED) is 0.378. The summed E-state index contributed by atoms with van der Waals surface area (Å²) in [7, 11) is 0. The normalized spacial score (nSPS) is 15.5. The number of piperidine rings is 1. The van der Waals surface area contributed by atoms with Crippen LogP contribution in [0.4, 0.5) is 0 Å². The van der Waals surface area contributed by atoms with Gasteiger partial charge in [-0.1, -0.05) is 84.9 Å². The third-order valence-corrected chi connectivity index (χ3v) is 7.08.